The van der Waals surface area contributed by atoms with Crippen LogP contribution in [0.3, 0.4) is 0 Å². The number of amides is 1. The molecule has 1 saturated carbocycles. The fourth-order valence-electron chi connectivity index (χ4n) is 2.31. The maximum atomic E-state index is 12.2. The predicted molar refractivity (Wildman–Crippen MR) is 75.7 cm³/mol. The average molecular weight is 314 g/mol. The second-order valence-electron chi connectivity index (χ2n) is 4.89. The quantitative estimate of drug-likeness (QED) is 0.799. The van der Waals surface area contributed by atoms with Gasteiger partial charge in [-0.2, -0.15) is 0 Å². The molecule has 2 rings (SSSR count). The molecule has 0 unspecified atom stereocenters. The Kier molecular flexibility index (Phi) is 3.83. The van der Waals surface area contributed by atoms with E-state index in [4.69, 9.17) is 0 Å². The van der Waals surface area contributed by atoms with Crippen LogP contribution < -0.4 is 5.32 Å². The monoisotopic (exact) mass is 313 g/mol. The van der Waals surface area contributed by atoms with Crippen molar-refractivity contribution in [3.63, 3.8) is 0 Å². The highest BCUT2D eigenvalue weighted by atomic mass is 79.9. The van der Waals surface area contributed by atoms with Gasteiger partial charge < -0.3 is 5.32 Å². The minimum Gasteiger partial charge on any atom is -0.347 e. The molecule has 0 radical (unpaired) electrons. The molecule has 0 heterocycles. The maximum Gasteiger partial charge on any atom is 0.252 e. The molecule has 2 nitrogen and oxygen atoms in total. The third-order valence-corrected chi connectivity index (χ3v) is 4.29. The molecule has 0 saturated heterocycles. The summed E-state index contributed by atoms with van der Waals surface area (Å²) in [4.78, 5) is 13.0. The number of hydrogen-bond donors (Lipinski definition) is 2. The average Bonchev–Trinajstić information content (AvgIpc) is 2.68. The summed E-state index contributed by atoms with van der Waals surface area (Å²) in [5.41, 5.74) is 0.619. The van der Waals surface area contributed by atoms with Crippen LogP contribution in [0.4, 0.5) is 0 Å². The van der Waals surface area contributed by atoms with Crippen LogP contribution in [0.2, 0.25) is 0 Å². The summed E-state index contributed by atoms with van der Waals surface area (Å²) < 4.78 is 0.814. The number of carbonyl (C=O) groups is 1. The van der Waals surface area contributed by atoms with Gasteiger partial charge >= 0.3 is 0 Å². The lowest BCUT2D eigenvalue weighted by Crippen LogP contribution is -2.43. The molecule has 17 heavy (non-hydrogen) atoms. The molecule has 1 aromatic carbocycles. The highest BCUT2D eigenvalue weighted by Gasteiger charge is 2.30. The Morgan fingerprint density at radius 3 is 2.71 bits per heavy atom. The Morgan fingerprint density at radius 2 is 2.06 bits per heavy atom. The van der Waals surface area contributed by atoms with Crippen molar-refractivity contribution in [3.8, 4) is 0 Å². The summed E-state index contributed by atoms with van der Waals surface area (Å²) in [5.74, 6) is -0.0165. The first-order valence-electron chi connectivity index (χ1n) is 5.81. The topological polar surface area (TPSA) is 29.1 Å². The van der Waals surface area contributed by atoms with Gasteiger partial charge in [0, 0.05) is 14.9 Å². The van der Waals surface area contributed by atoms with E-state index in [1.165, 1.54) is 12.8 Å². The van der Waals surface area contributed by atoms with Crippen LogP contribution >= 0.6 is 28.6 Å². The molecular formula is C13H16BrNOS. The van der Waals surface area contributed by atoms with Gasteiger partial charge in [0.1, 0.15) is 0 Å². The summed E-state index contributed by atoms with van der Waals surface area (Å²) >= 11 is 7.67. The largest absolute Gasteiger partial charge is 0.347 e. The van der Waals surface area contributed by atoms with E-state index in [2.05, 4.69) is 40.8 Å². The third-order valence-electron chi connectivity index (χ3n) is 3.32. The number of benzene rings is 1. The van der Waals surface area contributed by atoms with E-state index in [-0.39, 0.29) is 11.4 Å². The van der Waals surface area contributed by atoms with Gasteiger partial charge in [0.25, 0.3) is 5.91 Å². The van der Waals surface area contributed by atoms with Gasteiger partial charge in [-0.05, 0) is 53.9 Å². The zero-order valence-corrected chi connectivity index (χ0v) is 12.3. The Bertz CT molecular complexity index is 441. The molecule has 4 heteroatoms. The van der Waals surface area contributed by atoms with Gasteiger partial charge in [-0.25, -0.2) is 0 Å². The molecule has 1 fully saturated rings. The molecule has 1 N–H and O–H groups in total. The van der Waals surface area contributed by atoms with E-state index in [1.54, 1.807) is 6.07 Å². The van der Waals surface area contributed by atoms with Crippen molar-refractivity contribution in [3.05, 3.63) is 28.2 Å². The summed E-state index contributed by atoms with van der Waals surface area (Å²) in [7, 11) is 0. The molecule has 1 amide bonds. The van der Waals surface area contributed by atoms with Crippen LogP contribution in [0.25, 0.3) is 0 Å². The predicted octanol–water partition coefficient (Wildman–Crippen LogP) is 3.80. The molecule has 0 bridgehead atoms. The molecule has 0 aromatic heterocycles. The van der Waals surface area contributed by atoms with Crippen molar-refractivity contribution < 1.29 is 4.79 Å². The molecule has 0 spiro atoms. The van der Waals surface area contributed by atoms with E-state index in [1.807, 2.05) is 12.1 Å². The molecule has 0 aliphatic heterocycles. The Balaban J connectivity index is 2.17. The lowest BCUT2D eigenvalue weighted by molar-refractivity contribution is 0.0907. The van der Waals surface area contributed by atoms with Crippen LogP contribution in [0.1, 0.15) is 43.0 Å². The lowest BCUT2D eigenvalue weighted by atomic mass is 10.00. The summed E-state index contributed by atoms with van der Waals surface area (Å²) in [6.07, 6.45) is 4.53. The first kappa shape index (κ1) is 13.0. The first-order chi connectivity index (χ1) is 8.00. The second kappa shape index (κ2) is 5.02. The van der Waals surface area contributed by atoms with Crippen LogP contribution in [-0.4, -0.2) is 11.4 Å². The number of nitrogens with one attached hydrogen (secondary N) is 1. The van der Waals surface area contributed by atoms with Crippen molar-refractivity contribution >= 4 is 34.5 Å². The van der Waals surface area contributed by atoms with E-state index in [9.17, 15) is 4.79 Å². The smallest absolute Gasteiger partial charge is 0.252 e. The zero-order chi connectivity index (χ0) is 12.5. The van der Waals surface area contributed by atoms with Crippen LogP contribution in [0.15, 0.2) is 27.6 Å². The van der Waals surface area contributed by atoms with Gasteiger partial charge in [-0.1, -0.05) is 12.8 Å². The van der Waals surface area contributed by atoms with Crippen LogP contribution in [0, 0.1) is 0 Å². The van der Waals surface area contributed by atoms with Gasteiger partial charge in [0.15, 0.2) is 0 Å². The molecule has 1 aliphatic rings. The fraction of sp³-hybridized carbons (Fsp3) is 0.462. The van der Waals surface area contributed by atoms with Crippen molar-refractivity contribution in [1.82, 2.24) is 5.32 Å². The minimum absolute atomic E-state index is 0.0165. The minimum atomic E-state index is -0.0386. The number of thiol groups is 1. The fourth-order valence-corrected chi connectivity index (χ4v) is 2.94. The highest BCUT2D eigenvalue weighted by Crippen LogP contribution is 2.30. The van der Waals surface area contributed by atoms with Crippen molar-refractivity contribution in [2.75, 3.05) is 0 Å². The Hall–Kier alpha value is -0.480. The lowest BCUT2D eigenvalue weighted by Gasteiger charge is -2.25. The van der Waals surface area contributed by atoms with E-state index in [0.717, 1.165) is 22.2 Å². The molecule has 0 atom stereocenters. The number of rotatable bonds is 2. The molecule has 1 aromatic rings. The summed E-state index contributed by atoms with van der Waals surface area (Å²) in [6.45, 7) is 2.12. The van der Waals surface area contributed by atoms with E-state index < -0.39 is 0 Å². The zero-order valence-electron chi connectivity index (χ0n) is 9.79. The van der Waals surface area contributed by atoms with E-state index in [0.29, 0.717) is 5.56 Å². The van der Waals surface area contributed by atoms with Gasteiger partial charge in [0.2, 0.25) is 0 Å². The third kappa shape index (κ3) is 3.05. The highest BCUT2D eigenvalue weighted by molar-refractivity contribution is 9.10. The standard InChI is InChI=1S/C13H16BrNOS/c1-13(6-2-3-7-13)15-12(16)10-8-9(17)4-5-11(10)14/h4-5,8,17H,2-3,6-7H2,1H3,(H,15,16). The number of halogens is 1. The maximum absolute atomic E-state index is 12.2. The summed E-state index contributed by atoms with van der Waals surface area (Å²) in [5, 5.41) is 3.14. The SMILES string of the molecule is CC1(NC(=O)c2cc(S)ccc2Br)CCCC1. The summed E-state index contributed by atoms with van der Waals surface area (Å²) in [6, 6.07) is 5.51. The Labute approximate surface area is 116 Å². The molecule has 92 valence electrons. The Morgan fingerprint density at radius 1 is 1.41 bits per heavy atom. The van der Waals surface area contributed by atoms with Gasteiger partial charge in [-0.3, -0.25) is 4.79 Å². The van der Waals surface area contributed by atoms with Gasteiger partial charge in [-0.15, -0.1) is 12.6 Å². The van der Waals surface area contributed by atoms with Gasteiger partial charge in [0.05, 0.1) is 5.56 Å². The van der Waals surface area contributed by atoms with Crippen molar-refractivity contribution in [2.24, 2.45) is 0 Å². The van der Waals surface area contributed by atoms with Crippen LogP contribution in [-0.2, 0) is 0 Å². The molecule has 1 aliphatic carbocycles. The van der Waals surface area contributed by atoms with Crippen molar-refractivity contribution in [2.45, 2.75) is 43.0 Å². The number of carbonyl (C=O) groups excluding carboxylic acids is 1. The second-order valence-corrected chi connectivity index (χ2v) is 6.26. The van der Waals surface area contributed by atoms with Crippen molar-refractivity contribution in [1.29, 1.82) is 0 Å². The molecular weight excluding hydrogens is 298 g/mol. The van der Waals surface area contributed by atoms with E-state index >= 15 is 0 Å². The number of hydrogen-bond acceptors (Lipinski definition) is 2. The normalized spacial score (nSPS) is 18.1. The van der Waals surface area contributed by atoms with Crippen LogP contribution in [0.5, 0.6) is 0 Å². The first-order valence-corrected chi connectivity index (χ1v) is 7.05.